The lowest BCUT2D eigenvalue weighted by molar-refractivity contribution is 0.0715. The Hall–Kier alpha value is -1.17. The SMILES string of the molecule is Cc1nsc(NCC(C)(O)c2cccc(Cl)c2)n1. The Morgan fingerprint density at radius 3 is 2.89 bits per heavy atom. The van der Waals surface area contributed by atoms with Gasteiger partial charge in [0, 0.05) is 23.1 Å². The molecule has 0 aliphatic carbocycles. The molecule has 0 saturated heterocycles. The Kier molecular flexibility index (Phi) is 3.85. The number of hydrogen-bond acceptors (Lipinski definition) is 5. The minimum atomic E-state index is -1.01. The molecule has 0 spiro atoms. The number of anilines is 1. The highest BCUT2D eigenvalue weighted by molar-refractivity contribution is 7.09. The molecule has 0 saturated carbocycles. The van der Waals surface area contributed by atoms with Gasteiger partial charge in [-0.05, 0) is 31.5 Å². The molecule has 1 heterocycles. The van der Waals surface area contributed by atoms with Crippen molar-refractivity contribution in [3.05, 3.63) is 40.7 Å². The van der Waals surface area contributed by atoms with Crippen molar-refractivity contribution in [2.24, 2.45) is 0 Å². The summed E-state index contributed by atoms with van der Waals surface area (Å²) in [5.41, 5.74) is -0.242. The third-order valence-electron chi connectivity index (χ3n) is 2.56. The lowest BCUT2D eigenvalue weighted by Gasteiger charge is -2.24. The third-order valence-corrected chi connectivity index (χ3v) is 3.56. The number of rotatable bonds is 4. The zero-order chi connectivity index (χ0) is 13.2. The molecule has 1 aromatic carbocycles. The Bertz CT molecular complexity index is 542. The largest absolute Gasteiger partial charge is 0.384 e. The summed E-state index contributed by atoms with van der Waals surface area (Å²) < 4.78 is 4.07. The van der Waals surface area contributed by atoms with E-state index >= 15 is 0 Å². The molecule has 1 unspecified atom stereocenters. The molecule has 1 atom stereocenters. The van der Waals surface area contributed by atoms with Gasteiger partial charge in [-0.3, -0.25) is 0 Å². The van der Waals surface area contributed by atoms with Gasteiger partial charge in [-0.25, -0.2) is 4.98 Å². The fourth-order valence-electron chi connectivity index (χ4n) is 1.54. The summed E-state index contributed by atoms with van der Waals surface area (Å²) in [5.74, 6) is 0.727. The lowest BCUT2D eigenvalue weighted by Crippen LogP contribution is -2.30. The highest BCUT2D eigenvalue weighted by atomic mass is 35.5. The molecule has 0 aliphatic heterocycles. The van der Waals surface area contributed by atoms with Crippen LogP contribution in [0.25, 0.3) is 0 Å². The number of nitrogens with zero attached hydrogens (tertiary/aromatic N) is 2. The van der Waals surface area contributed by atoms with Crippen LogP contribution in [-0.2, 0) is 5.60 Å². The van der Waals surface area contributed by atoms with E-state index < -0.39 is 5.60 Å². The van der Waals surface area contributed by atoms with Crippen molar-refractivity contribution >= 4 is 28.3 Å². The number of halogens is 1. The van der Waals surface area contributed by atoms with Crippen molar-refractivity contribution < 1.29 is 5.11 Å². The smallest absolute Gasteiger partial charge is 0.202 e. The maximum absolute atomic E-state index is 10.4. The lowest BCUT2D eigenvalue weighted by atomic mass is 9.96. The van der Waals surface area contributed by atoms with Gasteiger partial charge in [-0.1, -0.05) is 23.7 Å². The van der Waals surface area contributed by atoms with Crippen LogP contribution >= 0.6 is 23.1 Å². The average molecular weight is 284 g/mol. The van der Waals surface area contributed by atoms with E-state index in [0.717, 1.165) is 11.4 Å². The van der Waals surface area contributed by atoms with Gasteiger partial charge >= 0.3 is 0 Å². The summed E-state index contributed by atoms with van der Waals surface area (Å²) in [4.78, 5) is 4.18. The molecule has 0 amide bonds. The van der Waals surface area contributed by atoms with Gasteiger partial charge in [0.2, 0.25) is 5.13 Å². The number of nitrogens with one attached hydrogen (secondary N) is 1. The van der Waals surface area contributed by atoms with Gasteiger partial charge in [0.05, 0.1) is 0 Å². The van der Waals surface area contributed by atoms with Crippen LogP contribution < -0.4 is 5.32 Å². The number of aliphatic hydroxyl groups is 1. The molecule has 2 rings (SSSR count). The molecule has 1 aromatic heterocycles. The van der Waals surface area contributed by atoms with Crippen LogP contribution in [0.4, 0.5) is 5.13 Å². The quantitative estimate of drug-likeness (QED) is 0.906. The van der Waals surface area contributed by atoms with E-state index in [1.54, 1.807) is 19.1 Å². The highest BCUT2D eigenvalue weighted by Gasteiger charge is 2.23. The minimum absolute atomic E-state index is 0.349. The Morgan fingerprint density at radius 1 is 1.50 bits per heavy atom. The van der Waals surface area contributed by atoms with E-state index in [1.807, 2.05) is 19.1 Å². The number of aryl methyl sites for hydroxylation is 1. The van der Waals surface area contributed by atoms with Gasteiger partial charge < -0.3 is 10.4 Å². The van der Waals surface area contributed by atoms with Crippen molar-refractivity contribution in [1.29, 1.82) is 0 Å². The normalized spacial score (nSPS) is 14.2. The maximum Gasteiger partial charge on any atom is 0.202 e. The van der Waals surface area contributed by atoms with E-state index in [0.29, 0.717) is 16.7 Å². The molecule has 18 heavy (non-hydrogen) atoms. The second-order valence-corrected chi connectivity index (χ2v) is 5.47. The summed E-state index contributed by atoms with van der Waals surface area (Å²) in [7, 11) is 0. The molecule has 96 valence electrons. The zero-order valence-electron chi connectivity index (χ0n) is 10.1. The average Bonchev–Trinajstić information content (AvgIpc) is 2.73. The summed E-state index contributed by atoms with van der Waals surface area (Å²) in [5, 5.41) is 14.8. The summed E-state index contributed by atoms with van der Waals surface area (Å²) in [6.45, 7) is 3.92. The van der Waals surface area contributed by atoms with Gasteiger partial charge in [0.25, 0.3) is 0 Å². The highest BCUT2D eigenvalue weighted by Crippen LogP contribution is 2.24. The van der Waals surface area contributed by atoms with Crippen LogP contribution in [0.5, 0.6) is 0 Å². The molecule has 0 bridgehead atoms. The molecule has 4 nitrogen and oxygen atoms in total. The van der Waals surface area contributed by atoms with E-state index in [9.17, 15) is 5.11 Å². The predicted molar refractivity (Wildman–Crippen MR) is 74.2 cm³/mol. The number of hydrogen-bond donors (Lipinski definition) is 2. The second-order valence-electron chi connectivity index (χ2n) is 4.28. The first kappa shape index (κ1) is 13.3. The van der Waals surface area contributed by atoms with Crippen LogP contribution in [0.3, 0.4) is 0 Å². The zero-order valence-corrected chi connectivity index (χ0v) is 11.7. The molecule has 2 N–H and O–H groups in total. The molecule has 0 aliphatic rings. The van der Waals surface area contributed by atoms with Gasteiger partial charge in [-0.15, -0.1) is 0 Å². The number of benzene rings is 1. The first-order chi connectivity index (χ1) is 8.47. The van der Waals surface area contributed by atoms with Gasteiger partial charge in [-0.2, -0.15) is 4.37 Å². The van der Waals surface area contributed by atoms with Crippen LogP contribution in [0, 0.1) is 6.92 Å². The van der Waals surface area contributed by atoms with Crippen molar-refractivity contribution in [2.45, 2.75) is 19.4 Å². The molecule has 6 heteroatoms. The predicted octanol–water partition coefficient (Wildman–Crippen LogP) is 2.82. The molecule has 2 aromatic rings. The van der Waals surface area contributed by atoms with E-state index in [1.165, 1.54) is 11.5 Å². The molecular weight excluding hydrogens is 270 g/mol. The van der Waals surface area contributed by atoms with Crippen molar-refractivity contribution in [2.75, 3.05) is 11.9 Å². The first-order valence-electron chi connectivity index (χ1n) is 5.50. The summed E-state index contributed by atoms with van der Waals surface area (Å²) >= 11 is 7.20. The number of aromatic nitrogens is 2. The standard InChI is InChI=1S/C12H14ClN3OS/c1-8-15-11(18-16-8)14-7-12(2,17)9-4-3-5-10(13)6-9/h3-6,17H,7H2,1-2H3,(H,14,15,16). The monoisotopic (exact) mass is 283 g/mol. The summed E-state index contributed by atoms with van der Waals surface area (Å²) in [6, 6.07) is 7.21. The van der Waals surface area contributed by atoms with Crippen LogP contribution in [0.2, 0.25) is 5.02 Å². The minimum Gasteiger partial charge on any atom is -0.384 e. The Balaban J connectivity index is 2.07. The maximum atomic E-state index is 10.4. The Morgan fingerprint density at radius 2 is 2.28 bits per heavy atom. The summed E-state index contributed by atoms with van der Waals surface area (Å²) in [6.07, 6.45) is 0. The van der Waals surface area contributed by atoms with E-state index in [-0.39, 0.29) is 0 Å². The topological polar surface area (TPSA) is 58.0 Å². The van der Waals surface area contributed by atoms with E-state index in [4.69, 9.17) is 11.6 Å². The van der Waals surface area contributed by atoms with E-state index in [2.05, 4.69) is 14.7 Å². The molecule has 0 radical (unpaired) electrons. The van der Waals surface area contributed by atoms with Crippen LogP contribution in [0.1, 0.15) is 18.3 Å². The van der Waals surface area contributed by atoms with Crippen molar-refractivity contribution in [3.63, 3.8) is 0 Å². The van der Waals surface area contributed by atoms with Crippen molar-refractivity contribution in [3.8, 4) is 0 Å². The van der Waals surface area contributed by atoms with Crippen LogP contribution in [0.15, 0.2) is 24.3 Å². The second kappa shape index (κ2) is 5.22. The van der Waals surface area contributed by atoms with Crippen LogP contribution in [-0.4, -0.2) is 21.0 Å². The van der Waals surface area contributed by atoms with Crippen molar-refractivity contribution in [1.82, 2.24) is 9.36 Å². The third kappa shape index (κ3) is 3.19. The van der Waals surface area contributed by atoms with Gasteiger partial charge in [0.1, 0.15) is 11.4 Å². The molecule has 0 fully saturated rings. The first-order valence-corrected chi connectivity index (χ1v) is 6.65. The fraction of sp³-hybridized carbons (Fsp3) is 0.333. The van der Waals surface area contributed by atoms with Gasteiger partial charge in [0.15, 0.2) is 0 Å². The molecular formula is C12H14ClN3OS. The Labute approximate surface area is 115 Å². The fourth-order valence-corrected chi connectivity index (χ4v) is 2.30.